The Hall–Kier alpha value is -1.91. The molecular formula is C14H8ClNO2S. The van der Waals surface area contributed by atoms with Gasteiger partial charge in [-0.1, -0.05) is 23.7 Å². The number of halogens is 1. The van der Waals surface area contributed by atoms with Crippen LogP contribution in [0.25, 0.3) is 20.8 Å². The number of carboxylic acids is 1. The van der Waals surface area contributed by atoms with Crippen molar-refractivity contribution in [3.05, 3.63) is 53.1 Å². The van der Waals surface area contributed by atoms with Gasteiger partial charge in [-0.05, 0) is 30.3 Å². The number of carboxylic acid groups (broad SMARTS) is 1. The highest BCUT2D eigenvalue weighted by Crippen LogP contribution is 2.31. The number of thiazole rings is 1. The third kappa shape index (κ3) is 2.32. The fourth-order valence-electron chi connectivity index (χ4n) is 1.78. The molecule has 0 saturated heterocycles. The van der Waals surface area contributed by atoms with E-state index in [0.29, 0.717) is 10.5 Å². The molecule has 0 bridgehead atoms. The van der Waals surface area contributed by atoms with E-state index < -0.39 is 5.97 Å². The van der Waals surface area contributed by atoms with Gasteiger partial charge in [-0.3, -0.25) is 0 Å². The largest absolute Gasteiger partial charge is 0.478 e. The molecule has 0 spiro atoms. The quantitative estimate of drug-likeness (QED) is 0.764. The number of aromatic carboxylic acids is 1. The number of rotatable bonds is 2. The summed E-state index contributed by atoms with van der Waals surface area (Å²) in [5.74, 6) is -0.942. The van der Waals surface area contributed by atoms with E-state index in [-0.39, 0.29) is 5.56 Å². The van der Waals surface area contributed by atoms with E-state index in [2.05, 4.69) is 4.98 Å². The van der Waals surface area contributed by atoms with Crippen LogP contribution in [0.3, 0.4) is 0 Å². The molecule has 0 aliphatic carbocycles. The summed E-state index contributed by atoms with van der Waals surface area (Å²) in [5.41, 5.74) is 1.93. The molecule has 0 atom stereocenters. The van der Waals surface area contributed by atoms with Crippen LogP contribution in [0, 0.1) is 0 Å². The highest BCUT2D eigenvalue weighted by Gasteiger charge is 2.09. The van der Waals surface area contributed by atoms with Crippen molar-refractivity contribution in [2.75, 3.05) is 0 Å². The lowest BCUT2D eigenvalue weighted by molar-refractivity contribution is 0.0697. The number of hydrogen-bond acceptors (Lipinski definition) is 3. The molecule has 0 amide bonds. The smallest absolute Gasteiger partial charge is 0.335 e. The number of fused-ring (bicyclic) bond motifs is 1. The highest BCUT2D eigenvalue weighted by atomic mass is 35.5. The summed E-state index contributed by atoms with van der Waals surface area (Å²) in [7, 11) is 0. The van der Waals surface area contributed by atoms with Crippen LogP contribution < -0.4 is 0 Å². The molecule has 19 heavy (non-hydrogen) atoms. The fraction of sp³-hybridized carbons (Fsp3) is 0. The van der Waals surface area contributed by atoms with E-state index >= 15 is 0 Å². The zero-order valence-electron chi connectivity index (χ0n) is 9.63. The molecule has 0 aliphatic rings. The minimum absolute atomic E-state index is 0.250. The average molecular weight is 290 g/mol. The van der Waals surface area contributed by atoms with E-state index in [1.807, 2.05) is 24.3 Å². The molecule has 0 unspecified atom stereocenters. The zero-order valence-corrected chi connectivity index (χ0v) is 11.2. The van der Waals surface area contributed by atoms with Crippen molar-refractivity contribution in [1.29, 1.82) is 0 Å². The molecular weight excluding hydrogens is 282 g/mol. The second-order valence-corrected chi connectivity index (χ2v) is 5.48. The van der Waals surface area contributed by atoms with Gasteiger partial charge in [0, 0.05) is 10.6 Å². The van der Waals surface area contributed by atoms with Gasteiger partial charge >= 0.3 is 5.97 Å². The van der Waals surface area contributed by atoms with Gasteiger partial charge in [0.2, 0.25) is 0 Å². The second-order valence-electron chi connectivity index (χ2n) is 4.01. The maximum atomic E-state index is 10.9. The molecule has 1 aromatic heterocycles. The minimum Gasteiger partial charge on any atom is -0.478 e. The molecule has 5 heteroatoms. The second kappa shape index (κ2) is 4.64. The van der Waals surface area contributed by atoms with Crippen LogP contribution in [-0.4, -0.2) is 16.1 Å². The van der Waals surface area contributed by atoms with Crippen LogP contribution in [0.15, 0.2) is 42.5 Å². The molecule has 3 aromatic rings. The Morgan fingerprint density at radius 2 is 1.89 bits per heavy atom. The minimum atomic E-state index is -0.942. The zero-order chi connectivity index (χ0) is 13.4. The Morgan fingerprint density at radius 1 is 1.16 bits per heavy atom. The third-order valence-electron chi connectivity index (χ3n) is 2.73. The molecule has 0 fully saturated rings. The van der Waals surface area contributed by atoms with Gasteiger partial charge < -0.3 is 5.11 Å². The molecule has 0 saturated carbocycles. The van der Waals surface area contributed by atoms with Gasteiger partial charge in [-0.15, -0.1) is 11.3 Å². The highest BCUT2D eigenvalue weighted by molar-refractivity contribution is 7.21. The predicted molar refractivity (Wildman–Crippen MR) is 77.0 cm³/mol. The summed E-state index contributed by atoms with van der Waals surface area (Å²) >= 11 is 7.38. The Morgan fingerprint density at radius 3 is 2.58 bits per heavy atom. The first-order chi connectivity index (χ1) is 9.13. The van der Waals surface area contributed by atoms with Crippen LogP contribution in [0.1, 0.15) is 10.4 Å². The molecule has 2 aromatic carbocycles. The van der Waals surface area contributed by atoms with Crippen LogP contribution in [0.5, 0.6) is 0 Å². The summed E-state index contributed by atoms with van der Waals surface area (Å²) in [6, 6.07) is 12.4. The molecule has 0 radical (unpaired) electrons. The molecule has 94 valence electrons. The van der Waals surface area contributed by atoms with Gasteiger partial charge in [0.15, 0.2) is 0 Å². The third-order valence-corrected chi connectivity index (χ3v) is 4.06. The first-order valence-electron chi connectivity index (χ1n) is 5.53. The van der Waals surface area contributed by atoms with Gasteiger partial charge in [0.25, 0.3) is 0 Å². The molecule has 1 heterocycles. The summed E-state index contributed by atoms with van der Waals surface area (Å²) in [5, 5.41) is 10.5. The SMILES string of the molecule is O=C(O)c1ccc2sc(-c3ccc(Cl)cc3)nc2c1. The molecule has 3 nitrogen and oxygen atoms in total. The molecule has 0 aliphatic heterocycles. The maximum absolute atomic E-state index is 10.9. The van der Waals surface area contributed by atoms with E-state index in [1.54, 1.807) is 18.2 Å². The van der Waals surface area contributed by atoms with Crippen LogP contribution in [0.4, 0.5) is 0 Å². The monoisotopic (exact) mass is 289 g/mol. The van der Waals surface area contributed by atoms with Crippen molar-refractivity contribution in [1.82, 2.24) is 4.98 Å². The van der Waals surface area contributed by atoms with Gasteiger partial charge in [0.05, 0.1) is 15.8 Å². The van der Waals surface area contributed by atoms with Crippen molar-refractivity contribution < 1.29 is 9.90 Å². The number of benzene rings is 2. The Bertz CT molecular complexity index is 765. The van der Waals surface area contributed by atoms with Crippen molar-refractivity contribution in [3.63, 3.8) is 0 Å². The fourth-order valence-corrected chi connectivity index (χ4v) is 2.85. The van der Waals surface area contributed by atoms with Gasteiger partial charge in [0.1, 0.15) is 5.01 Å². The summed E-state index contributed by atoms with van der Waals surface area (Å²) < 4.78 is 0.968. The van der Waals surface area contributed by atoms with Crippen molar-refractivity contribution in [2.24, 2.45) is 0 Å². The van der Waals surface area contributed by atoms with Crippen molar-refractivity contribution >= 4 is 39.1 Å². The van der Waals surface area contributed by atoms with Crippen LogP contribution in [0.2, 0.25) is 5.02 Å². The molecule has 1 N–H and O–H groups in total. The Labute approximate surface area is 118 Å². The lowest BCUT2D eigenvalue weighted by Crippen LogP contribution is -1.94. The van der Waals surface area contributed by atoms with E-state index in [4.69, 9.17) is 16.7 Å². The lowest BCUT2D eigenvalue weighted by atomic mass is 10.2. The van der Waals surface area contributed by atoms with Crippen LogP contribution >= 0.6 is 22.9 Å². The number of nitrogens with zero attached hydrogens (tertiary/aromatic N) is 1. The summed E-state index contributed by atoms with van der Waals surface area (Å²) in [4.78, 5) is 15.4. The van der Waals surface area contributed by atoms with Crippen LogP contribution in [-0.2, 0) is 0 Å². The topological polar surface area (TPSA) is 50.2 Å². The number of carbonyl (C=O) groups is 1. The lowest BCUT2D eigenvalue weighted by Gasteiger charge is -1.94. The summed E-state index contributed by atoms with van der Waals surface area (Å²) in [6.07, 6.45) is 0. The summed E-state index contributed by atoms with van der Waals surface area (Å²) in [6.45, 7) is 0. The Kier molecular flexibility index (Phi) is 2.97. The first-order valence-corrected chi connectivity index (χ1v) is 6.73. The number of aromatic nitrogens is 1. The Balaban J connectivity index is 2.11. The number of hydrogen-bond donors (Lipinski definition) is 1. The van der Waals surface area contributed by atoms with Crippen molar-refractivity contribution in [3.8, 4) is 10.6 Å². The maximum Gasteiger partial charge on any atom is 0.335 e. The predicted octanol–water partition coefficient (Wildman–Crippen LogP) is 4.31. The standard InChI is InChI=1S/C14H8ClNO2S/c15-10-4-1-8(2-5-10)13-16-11-7-9(14(17)18)3-6-12(11)19-13/h1-7H,(H,17,18). The van der Waals surface area contributed by atoms with E-state index in [0.717, 1.165) is 15.3 Å². The van der Waals surface area contributed by atoms with Gasteiger partial charge in [-0.2, -0.15) is 0 Å². The average Bonchev–Trinajstić information content (AvgIpc) is 2.82. The van der Waals surface area contributed by atoms with Gasteiger partial charge in [-0.25, -0.2) is 9.78 Å². The van der Waals surface area contributed by atoms with Crippen molar-refractivity contribution in [2.45, 2.75) is 0 Å². The normalized spacial score (nSPS) is 10.8. The van der Waals surface area contributed by atoms with E-state index in [1.165, 1.54) is 11.3 Å². The molecule has 3 rings (SSSR count). The van der Waals surface area contributed by atoms with E-state index in [9.17, 15) is 4.79 Å². The first kappa shape index (κ1) is 12.1.